The zero-order valence-corrected chi connectivity index (χ0v) is 10.6. The summed E-state index contributed by atoms with van der Waals surface area (Å²) >= 11 is 1.91. The summed E-state index contributed by atoms with van der Waals surface area (Å²) in [6.07, 6.45) is 0. The molecule has 12 heavy (non-hydrogen) atoms. The van der Waals surface area contributed by atoms with E-state index in [0.717, 1.165) is 0 Å². The molecule has 0 aliphatic rings. The monoisotopic (exact) mass is 283 g/mol. The fourth-order valence-corrected chi connectivity index (χ4v) is 1.87. The molecule has 72 valence electrons. The van der Waals surface area contributed by atoms with Crippen molar-refractivity contribution in [1.82, 2.24) is 3.53 Å². The SMILES string of the molecule is CC(C)C(C)(C(=O)NI)C(C)C. The van der Waals surface area contributed by atoms with Gasteiger partial charge in [0, 0.05) is 0 Å². The van der Waals surface area contributed by atoms with E-state index in [1.165, 1.54) is 0 Å². The lowest BCUT2D eigenvalue weighted by Crippen LogP contribution is -2.42. The average molecular weight is 283 g/mol. The van der Waals surface area contributed by atoms with Gasteiger partial charge < -0.3 is 0 Å². The third-order valence-corrected chi connectivity index (χ3v) is 3.46. The minimum absolute atomic E-state index is 0.133. The van der Waals surface area contributed by atoms with Crippen molar-refractivity contribution < 1.29 is 4.79 Å². The van der Waals surface area contributed by atoms with Gasteiger partial charge in [-0.3, -0.25) is 8.32 Å². The van der Waals surface area contributed by atoms with Crippen LogP contribution >= 0.6 is 22.9 Å². The van der Waals surface area contributed by atoms with Crippen LogP contribution in [0.25, 0.3) is 0 Å². The molecule has 3 heteroatoms. The van der Waals surface area contributed by atoms with Crippen molar-refractivity contribution in [2.45, 2.75) is 34.6 Å². The van der Waals surface area contributed by atoms with Crippen LogP contribution in [0.1, 0.15) is 34.6 Å². The summed E-state index contributed by atoms with van der Waals surface area (Å²) in [5, 5.41) is 0. The quantitative estimate of drug-likeness (QED) is 0.626. The van der Waals surface area contributed by atoms with Gasteiger partial charge in [0.05, 0.1) is 28.3 Å². The Balaban J connectivity index is 4.74. The maximum Gasteiger partial charge on any atom is 0.235 e. The summed E-state index contributed by atoms with van der Waals surface area (Å²) in [6.45, 7) is 10.4. The van der Waals surface area contributed by atoms with Gasteiger partial charge in [0.1, 0.15) is 0 Å². The van der Waals surface area contributed by atoms with Crippen molar-refractivity contribution in [3.05, 3.63) is 0 Å². The topological polar surface area (TPSA) is 29.1 Å². The maximum atomic E-state index is 11.6. The first kappa shape index (κ1) is 12.2. The highest BCUT2D eigenvalue weighted by Gasteiger charge is 2.39. The van der Waals surface area contributed by atoms with Gasteiger partial charge in [-0.1, -0.05) is 34.6 Å². The molecule has 0 aromatic heterocycles. The van der Waals surface area contributed by atoms with Crippen molar-refractivity contribution in [3.63, 3.8) is 0 Å². The van der Waals surface area contributed by atoms with E-state index in [1.54, 1.807) is 0 Å². The number of halogens is 1. The number of hydrogen-bond acceptors (Lipinski definition) is 1. The van der Waals surface area contributed by atoms with Gasteiger partial charge in [-0.25, -0.2) is 0 Å². The highest BCUT2D eigenvalue weighted by molar-refractivity contribution is 14.1. The molecule has 0 radical (unpaired) electrons. The maximum absolute atomic E-state index is 11.6. The fraction of sp³-hybridized carbons (Fsp3) is 0.889. The van der Waals surface area contributed by atoms with E-state index >= 15 is 0 Å². The van der Waals surface area contributed by atoms with Crippen LogP contribution < -0.4 is 3.53 Å². The number of rotatable bonds is 3. The van der Waals surface area contributed by atoms with Gasteiger partial charge in [0.2, 0.25) is 5.91 Å². The molecular formula is C9H18INO. The Morgan fingerprint density at radius 3 is 1.67 bits per heavy atom. The van der Waals surface area contributed by atoms with E-state index in [4.69, 9.17) is 0 Å². The first-order valence-electron chi connectivity index (χ1n) is 4.28. The predicted molar refractivity (Wildman–Crippen MR) is 59.9 cm³/mol. The Morgan fingerprint density at radius 2 is 1.58 bits per heavy atom. The van der Waals surface area contributed by atoms with Crippen molar-refractivity contribution in [2.24, 2.45) is 17.3 Å². The predicted octanol–water partition coefficient (Wildman–Crippen LogP) is 2.77. The summed E-state index contributed by atoms with van der Waals surface area (Å²) in [6, 6.07) is 0. The third kappa shape index (κ3) is 2.12. The lowest BCUT2D eigenvalue weighted by atomic mass is 9.70. The molecule has 2 nitrogen and oxygen atoms in total. The second-order valence-electron chi connectivity index (χ2n) is 4.02. The van der Waals surface area contributed by atoms with Crippen LogP contribution in [0.3, 0.4) is 0 Å². The van der Waals surface area contributed by atoms with E-state index in [1.807, 2.05) is 29.8 Å². The van der Waals surface area contributed by atoms with Crippen LogP contribution in [0.2, 0.25) is 0 Å². The average Bonchev–Trinajstić information content (AvgIpc) is 2.00. The molecule has 1 N–H and O–H groups in total. The van der Waals surface area contributed by atoms with E-state index in [0.29, 0.717) is 11.8 Å². The zero-order chi connectivity index (χ0) is 9.94. The molecule has 0 aliphatic carbocycles. The molecule has 0 fully saturated rings. The minimum atomic E-state index is -0.249. The Hall–Kier alpha value is 0.200. The second-order valence-corrected chi connectivity index (χ2v) is 4.56. The summed E-state index contributed by atoms with van der Waals surface area (Å²) in [5.74, 6) is 0.868. The van der Waals surface area contributed by atoms with Gasteiger partial charge in [0.25, 0.3) is 0 Å². The summed E-state index contributed by atoms with van der Waals surface area (Å²) in [4.78, 5) is 11.6. The number of amides is 1. The second kappa shape index (κ2) is 4.44. The molecule has 0 rings (SSSR count). The number of hydrogen-bond donors (Lipinski definition) is 1. The molecule has 0 atom stereocenters. The molecule has 1 amide bonds. The van der Waals surface area contributed by atoms with Gasteiger partial charge in [-0.15, -0.1) is 0 Å². The number of carbonyl (C=O) groups excluding carboxylic acids is 1. The van der Waals surface area contributed by atoms with Gasteiger partial charge in [-0.05, 0) is 11.8 Å². The van der Waals surface area contributed by atoms with E-state index in [-0.39, 0.29) is 11.3 Å². The standard InChI is InChI=1S/C9H18INO/c1-6(2)9(5,7(3)4)8(12)11-10/h6-7H,1-5H3,(H,11,12). The van der Waals surface area contributed by atoms with Crippen molar-refractivity contribution in [1.29, 1.82) is 0 Å². The lowest BCUT2D eigenvalue weighted by molar-refractivity contribution is -0.132. The summed E-state index contributed by atoms with van der Waals surface area (Å²) in [7, 11) is 0. The van der Waals surface area contributed by atoms with Gasteiger partial charge >= 0.3 is 0 Å². The molecule has 0 bridgehead atoms. The highest BCUT2D eigenvalue weighted by atomic mass is 127. The molecule has 0 saturated carbocycles. The molecular weight excluding hydrogens is 265 g/mol. The van der Waals surface area contributed by atoms with Crippen molar-refractivity contribution >= 4 is 28.8 Å². The number of carbonyl (C=O) groups is 1. The van der Waals surface area contributed by atoms with Crippen molar-refractivity contribution in [2.75, 3.05) is 0 Å². The molecule has 0 heterocycles. The molecule has 0 saturated heterocycles. The summed E-state index contributed by atoms with van der Waals surface area (Å²) in [5.41, 5.74) is -0.249. The normalized spacial score (nSPS) is 12.3. The molecule has 0 unspecified atom stereocenters. The lowest BCUT2D eigenvalue weighted by Gasteiger charge is -2.35. The van der Waals surface area contributed by atoms with Crippen LogP contribution in [0.5, 0.6) is 0 Å². The molecule has 0 aliphatic heterocycles. The molecule has 0 aromatic carbocycles. The Morgan fingerprint density at radius 1 is 1.25 bits per heavy atom. The van der Waals surface area contributed by atoms with Gasteiger partial charge in [-0.2, -0.15) is 0 Å². The Bertz CT molecular complexity index is 158. The highest BCUT2D eigenvalue weighted by Crippen LogP contribution is 2.35. The molecule has 0 spiro atoms. The van der Waals surface area contributed by atoms with Crippen LogP contribution in [-0.4, -0.2) is 5.91 Å². The minimum Gasteiger partial charge on any atom is -0.298 e. The zero-order valence-electron chi connectivity index (χ0n) is 8.44. The Labute approximate surface area is 89.0 Å². The largest absolute Gasteiger partial charge is 0.298 e. The van der Waals surface area contributed by atoms with Crippen LogP contribution in [0.4, 0.5) is 0 Å². The fourth-order valence-electron chi connectivity index (χ4n) is 1.29. The first-order valence-corrected chi connectivity index (χ1v) is 5.36. The van der Waals surface area contributed by atoms with Crippen LogP contribution in [0.15, 0.2) is 0 Å². The summed E-state index contributed by atoms with van der Waals surface area (Å²) < 4.78 is 2.70. The first-order chi connectivity index (χ1) is 5.37. The van der Waals surface area contributed by atoms with E-state index in [9.17, 15) is 4.79 Å². The van der Waals surface area contributed by atoms with Crippen LogP contribution in [0, 0.1) is 17.3 Å². The van der Waals surface area contributed by atoms with Gasteiger partial charge in [0.15, 0.2) is 0 Å². The van der Waals surface area contributed by atoms with E-state index < -0.39 is 0 Å². The smallest absolute Gasteiger partial charge is 0.235 e. The number of nitrogens with one attached hydrogen (secondary N) is 1. The van der Waals surface area contributed by atoms with E-state index in [2.05, 4.69) is 31.2 Å². The van der Waals surface area contributed by atoms with Crippen molar-refractivity contribution in [3.8, 4) is 0 Å². The molecule has 0 aromatic rings. The third-order valence-electron chi connectivity index (χ3n) is 2.97. The van der Waals surface area contributed by atoms with Crippen LogP contribution in [-0.2, 0) is 4.79 Å². The Kier molecular flexibility index (Phi) is 4.51.